The number of hydrogen-bond acceptors (Lipinski definition) is 8. The highest BCUT2D eigenvalue weighted by Gasteiger charge is 2.35. The third-order valence-corrected chi connectivity index (χ3v) is 8.90. The Morgan fingerprint density at radius 1 is 0.953 bits per heavy atom. The highest BCUT2D eigenvalue weighted by atomic mass is 35.5. The smallest absolute Gasteiger partial charge is 0.344 e. The standard InChI is InChI=1S/C30H25Cl2N3O7S/c1-34(43(38,39)25-14-8-22(32)9-15-25)23-10-12-24(13-11-23)41-19-30(37)42-18-29(36)35-27(28-3-2-16-40-28)17-26(33-35)20-4-6-21(31)7-5-20/h2-16,27H,17-19H2,1H3. The van der Waals surface area contributed by atoms with Gasteiger partial charge in [0.15, 0.2) is 13.2 Å². The average molecular weight is 643 g/mol. The summed E-state index contributed by atoms with van der Waals surface area (Å²) < 4.78 is 43.1. The van der Waals surface area contributed by atoms with E-state index in [-0.39, 0.29) is 4.90 Å². The van der Waals surface area contributed by atoms with E-state index < -0.39 is 41.2 Å². The third-order valence-electron chi connectivity index (χ3n) is 6.60. The molecule has 0 saturated carbocycles. The summed E-state index contributed by atoms with van der Waals surface area (Å²) in [6.45, 7) is -1.02. The largest absolute Gasteiger partial charge is 0.482 e. The number of carbonyl (C=O) groups is 2. The summed E-state index contributed by atoms with van der Waals surface area (Å²) in [6.07, 6.45) is 1.92. The van der Waals surface area contributed by atoms with Crippen molar-refractivity contribution in [3.05, 3.63) is 113 Å². The summed E-state index contributed by atoms with van der Waals surface area (Å²) in [6, 6.07) is 22.0. The molecule has 2 heterocycles. The summed E-state index contributed by atoms with van der Waals surface area (Å²) >= 11 is 11.9. The zero-order chi connectivity index (χ0) is 30.6. The molecule has 1 aromatic heterocycles. The molecule has 5 rings (SSSR count). The van der Waals surface area contributed by atoms with Crippen molar-refractivity contribution >= 4 is 56.5 Å². The molecule has 43 heavy (non-hydrogen) atoms. The van der Waals surface area contributed by atoms with Gasteiger partial charge in [-0.05, 0) is 78.4 Å². The molecule has 0 fully saturated rings. The van der Waals surface area contributed by atoms with Gasteiger partial charge >= 0.3 is 5.97 Å². The molecule has 0 bridgehead atoms. The lowest BCUT2D eigenvalue weighted by atomic mass is 10.0. The fourth-order valence-corrected chi connectivity index (χ4v) is 5.76. The maximum atomic E-state index is 13.0. The van der Waals surface area contributed by atoms with Crippen LogP contribution in [0.2, 0.25) is 10.0 Å². The summed E-state index contributed by atoms with van der Waals surface area (Å²) in [5.41, 5.74) is 1.85. The predicted molar refractivity (Wildman–Crippen MR) is 161 cm³/mol. The van der Waals surface area contributed by atoms with Crippen molar-refractivity contribution in [1.82, 2.24) is 5.01 Å². The second-order valence-corrected chi connectivity index (χ2v) is 12.2. The quantitative estimate of drug-likeness (QED) is 0.203. The molecule has 10 nitrogen and oxygen atoms in total. The molecular formula is C30H25Cl2N3O7S. The number of hydrazone groups is 1. The Morgan fingerprint density at radius 2 is 1.60 bits per heavy atom. The molecule has 13 heteroatoms. The van der Waals surface area contributed by atoms with Crippen molar-refractivity contribution in [3.63, 3.8) is 0 Å². The lowest BCUT2D eigenvalue weighted by Crippen LogP contribution is -2.32. The van der Waals surface area contributed by atoms with Gasteiger partial charge in [0.05, 0.1) is 22.6 Å². The molecule has 0 radical (unpaired) electrons. The van der Waals surface area contributed by atoms with Crippen LogP contribution in [0.1, 0.15) is 23.8 Å². The third kappa shape index (κ3) is 7.02. The molecule has 0 N–H and O–H groups in total. The highest BCUT2D eigenvalue weighted by Crippen LogP contribution is 2.33. The van der Waals surface area contributed by atoms with Gasteiger partial charge in [0.2, 0.25) is 0 Å². The SMILES string of the molecule is CN(c1ccc(OCC(=O)OCC(=O)N2N=C(c3ccc(Cl)cc3)CC2c2ccco2)cc1)S(=O)(=O)c1ccc(Cl)cc1. The van der Waals surface area contributed by atoms with E-state index >= 15 is 0 Å². The number of benzene rings is 3. The van der Waals surface area contributed by atoms with Crippen LogP contribution in [0.4, 0.5) is 5.69 Å². The normalized spacial score (nSPS) is 14.7. The van der Waals surface area contributed by atoms with E-state index in [4.69, 9.17) is 37.1 Å². The van der Waals surface area contributed by atoms with E-state index in [1.165, 1.54) is 66.9 Å². The van der Waals surface area contributed by atoms with Gasteiger partial charge in [-0.3, -0.25) is 9.10 Å². The van der Waals surface area contributed by atoms with Gasteiger partial charge in [0.1, 0.15) is 17.6 Å². The number of ether oxygens (including phenoxy) is 2. The average Bonchev–Trinajstić information content (AvgIpc) is 3.70. The molecule has 1 atom stereocenters. The highest BCUT2D eigenvalue weighted by molar-refractivity contribution is 7.92. The van der Waals surface area contributed by atoms with Crippen LogP contribution < -0.4 is 9.04 Å². The molecule has 0 spiro atoms. The van der Waals surface area contributed by atoms with Crippen LogP contribution >= 0.6 is 23.2 Å². The molecule has 1 unspecified atom stereocenters. The fourth-order valence-electron chi connectivity index (χ4n) is 4.31. The second kappa shape index (κ2) is 12.9. The minimum atomic E-state index is -3.81. The first-order valence-corrected chi connectivity index (χ1v) is 15.1. The van der Waals surface area contributed by atoms with Gasteiger partial charge in [-0.15, -0.1) is 0 Å². The number of rotatable bonds is 10. The summed E-state index contributed by atoms with van der Waals surface area (Å²) in [5, 5.41) is 6.74. The molecule has 222 valence electrons. The van der Waals surface area contributed by atoms with Gasteiger partial charge in [-0.2, -0.15) is 5.10 Å². The van der Waals surface area contributed by atoms with E-state index in [1.54, 1.807) is 24.3 Å². The first kappa shape index (κ1) is 30.1. The zero-order valence-corrected chi connectivity index (χ0v) is 25.1. The number of sulfonamides is 1. The Bertz CT molecular complexity index is 1730. The minimum absolute atomic E-state index is 0.0910. The second-order valence-electron chi connectivity index (χ2n) is 9.40. The number of hydrogen-bond donors (Lipinski definition) is 0. The topological polar surface area (TPSA) is 119 Å². The van der Waals surface area contributed by atoms with Crippen LogP contribution in [-0.4, -0.2) is 51.3 Å². The molecule has 1 amide bonds. The molecule has 0 aliphatic carbocycles. The maximum absolute atomic E-state index is 13.0. The van der Waals surface area contributed by atoms with Crippen LogP contribution in [-0.2, 0) is 24.3 Å². The lowest BCUT2D eigenvalue weighted by molar-refractivity contribution is -0.154. The Morgan fingerprint density at radius 3 is 2.23 bits per heavy atom. The van der Waals surface area contributed by atoms with Crippen LogP contribution in [0.15, 0.2) is 106 Å². The minimum Gasteiger partial charge on any atom is -0.482 e. The predicted octanol–water partition coefficient (Wildman–Crippen LogP) is 5.71. The molecule has 1 aliphatic rings. The molecule has 0 saturated heterocycles. The van der Waals surface area contributed by atoms with Crippen molar-refractivity contribution in [1.29, 1.82) is 0 Å². The number of amides is 1. The number of halogens is 2. The lowest BCUT2D eigenvalue weighted by Gasteiger charge is -2.20. The van der Waals surface area contributed by atoms with Gasteiger partial charge in [-0.25, -0.2) is 18.2 Å². The van der Waals surface area contributed by atoms with Crippen molar-refractivity contribution in [2.24, 2.45) is 5.10 Å². The van der Waals surface area contributed by atoms with Crippen molar-refractivity contribution in [2.45, 2.75) is 17.4 Å². The van der Waals surface area contributed by atoms with Crippen molar-refractivity contribution < 1.29 is 31.9 Å². The monoisotopic (exact) mass is 641 g/mol. The van der Waals surface area contributed by atoms with E-state index in [0.29, 0.717) is 39.4 Å². The number of furan rings is 1. The van der Waals surface area contributed by atoms with Crippen LogP contribution in [0, 0.1) is 0 Å². The van der Waals surface area contributed by atoms with Gasteiger partial charge in [0, 0.05) is 23.5 Å². The number of esters is 1. The first-order chi connectivity index (χ1) is 20.6. The van der Waals surface area contributed by atoms with Gasteiger partial charge in [-0.1, -0.05) is 35.3 Å². The number of carbonyl (C=O) groups excluding carboxylic acids is 2. The zero-order valence-electron chi connectivity index (χ0n) is 22.7. The van der Waals surface area contributed by atoms with Crippen LogP contribution in [0.3, 0.4) is 0 Å². The van der Waals surface area contributed by atoms with Crippen LogP contribution in [0.25, 0.3) is 0 Å². The fraction of sp³-hybridized carbons (Fsp3) is 0.167. The van der Waals surface area contributed by atoms with E-state index in [2.05, 4.69) is 5.10 Å². The molecule has 1 aliphatic heterocycles. The summed E-state index contributed by atoms with van der Waals surface area (Å²) in [7, 11) is -2.38. The Kier molecular flexibility index (Phi) is 9.05. The number of anilines is 1. The summed E-state index contributed by atoms with van der Waals surface area (Å²) in [4.78, 5) is 25.5. The summed E-state index contributed by atoms with van der Waals surface area (Å²) in [5.74, 6) is -0.451. The van der Waals surface area contributed by atoms with E-state index in [9.17, 15) is 18.0 Å². The molecule has 4 aromatic rings. The molecule has 3 aromatic carbocycles. The number of nitrogens with zero attached hydrogens (tertiary/aromatic N) is 3. The maximum Gasteiger partial charge on any atom is 0.344 e. The van der Waals surface area contributed by atoms with E-state index in [1.807, 2.05) is 12.1 Å². The van der Waals surface area contributed by atoms with Gasteiger partial charge < -0.3 is 13.9 Å². The first-order valence-electron chi connectivity index (χ1n) is 12.9. The Hall–Kier alpha value is -4.32. The Balaban J connectivity index is 1.16. The van der Waals surface area contributed by atoms with E-state index in [0.717, 1.165) is 9.87 Å². The van der Waals surface area contributed by atoms with Crippen LogP contribution in [0.5, 0.6) is 5.75 Å². The Labute approximate surface area is 258 Å². The van der Waals surface area contributed by atoms with Gasteiger partial charge in [0.25, 0.3) is 15.9 Å². The molecular weight excluding hydrogens is 617 g/mol. The van der Waals surface area contributed by atoms with Crippen molar-refractivity contribution in [2.75, 3.05) is 24.6 Å². The van der Waals surface area contributed by atoms with Crippen molar-refractivity contribution in [3.8, 4) is 5.75 Å².